The Morgan fingerprint density at radius 1 is 1.33 bits per heavy atom. The number of nitrogens with one attached hydrogen (secondary N) is 1. The maximum atomic E-state index is 12.0. The minimum Gasteiger partial charge on any atom is -0.494 e. The van der Waals surface area contributed by atoms with Gasteiger partial charge >= 0.3 is 0 Å². The van der Waals surface area contributed by atoms with Gasteiger partial charge in [-0.15, -0.1) is 0 Å². The van der Waals surface area contributed by atoms with Crippen LogP contribution >= 0.6 is 0 Å². The standard InChI is InChI=1S/C17H25NO3/c1-2-3-11-21-15-9-7-13(8-10-15)17(20)18-12-14-5-4-6-16(14)19/h7-10,14,16,19H,2-6,11-12H2,1H3,(H,18,20). The lowest BCUT2D eigenvalue weighted by Crippen LogP contribution is -2.32. The molecule has 2 unspecified atom stereocenters. The van der Waals surface area contributed by atoms with E-state index in [0.29, 0.717) is 18.7 Å². The van der Waals surface area contributed by atoms with Gasteiger partial charge in [-0.2, -0.15) is 0 Å². The summed E-state index contributed by atoms with van der Waals surface area (Å²) in [6.07, 6.45) is 4.76. The van der Waals surface area contributed by atoms with Crippen molar-refractivity contribution >= 4 is 5.91 Å². The molecule has 1 aliphatic carbocycles. The van der Waals surface area contributed by atoms with E-state index in [2.05, 4.69) is 12.2 Å². The predicted molar refractivity (Wildman–Crippen MR) is 82.5 cm³/mol. The van der Waals surface area contributed by atoms with E-state index < -0.39 is 0 Å². The van der Waals surface area contributed by atoms with Crippen molar-refractivity contribution in [3.05, 3.63) is 29.8 Å². The molecule has 4 heteroatoms. The Kier molecular flexibility index (Phi) is 6.05. The van der Waals surface area contributed by atoms with Crippen molar-refractivity contribution in [2.75, 3.05) is 13.2 Å². The quantitative estimate of drug-likeness (QED) is 0.759. The van der Waals surface area contributed by atoms with Crippen molar-refractivity contribution in [3.8, 4) is 5.75 Å². The van der Waals surface area contributed by atoms with Crippen molar-refractivity contribution in [2.45, 2.75) is 45.1 Å². The number of ether oxygens (including phenoxy) is 1. The van der Waals surface area contributed by atoms with E-state index in [1.54, 1.807) is 12.1 Å². The Bertz CT molecular complexity index is 444. The Hall–Kier alpha value is -1.55. The molecule has 21 heavy (non-hydrogen) atoms. The van der Waals surface area contributed by atoms with Crippen molar-refractivity contribution in [1.29, 1.82) is 0 Å². The number of benzene rings is 1. The number of hydrogen-bond donors (Lipinski definition) is 2. The fourth-order valence-electron chi connectivity index (χ4n) is 2.62. The maximum Gasteiger partial charge on any atom is 0.251 e. The Balaban J connectivity index is 1.79. The number of aliphatic hydroxyl groups is 1. The van der Waals surface area contributed by atoms with Gasteiger partial charge in [0, 0.05) is 18.0 Å². The smallest absolute Gasteiger partial charge is 0.251 e. The third-order valence-electron chi connectivity index (χ3n) is 4.03. The van der Waals surface area contributed by atoms with E-state index in [9.17, 15) is 9.90 Å². The summed E-state index contributed by atoms with van der Waals surface area (Å²) in [6.45, 7) is 3.38. The molecule has 0 aromatic heterocycles. The fraction of sp³-hybridized carbons (Fsp3) is 0.588. The highest BCUT2D eigenvalue weighted by Gasteiger charge is 2.25. The normalized spacial score (nSPS) is 21.2. The van der Waals surface area contributed by atoms with Crippen LogP contribution < -0.4 is 10.1 Å². The maximum absolute atomic E-state index is 12.0. The molecule has 1 aromatic carbocycles. The van der Waals surface area contributed by atoms with Crippen molar-refractivity contribution in [1.82, 2.24) is 5.32 Å². The van der Waals surface area contributed by atoms with Gasteiger partial charge in [0.1, 0.15) is 5.75 Å². The van der Waals surface area contributed by atoms with Gasteiger partial charge in [0.05, 0.1) is 12.7 Å². The fourth-order valence-corrected chi connectivity index (χ4v) is 2.62. The number of carbonyl (C=O) groups is 1. The molecule has 1 saturated carbocycles. The second-order valence-electron chi connectivity index (χ2n) is 5.69. The molecule has 1 amide bonds. The number of aliphatic hydroxyl groups excluding tert-OH is 1. The number of rotatable bonds is 7. The zero-order valence-electron chi connectivity index (χ0n) is 12.7. The molecule has 0 heterocycles. The van der Waals surface area contributed by atoms with Gasteiger partial charge in [-0.3, -0.25) is 4.79 Å². The van der Waals surface area contributed by atoms with Crippen LogP contribution in [0.1, 0.15) is 49.4 Å². The van der Waals surface area contributed by atoms with Crippen molar-refractivity contribution in [2.24, 2.45) is 5.92 Å². The van der Waals surface area contributed by atoms with Crippen LogP contribution in [-0.4, -0.2) is 30.3 Å². The van der Waals surface area contributed by atoms with Gasteiger partial charge in [0.15, 0.2) is 0 Å². The average molecular weight is 291 g/mol. The molecule has 0 aliphatic heterocycles. The van der Waals surface area contributed by atoms with Crippen LogP contribution in [0.5, 0.6) is 5.75 Å². The average Bonchev–Trinajstić information content (AvgIpc) is 2.91. The van der Waals surface area contributed by atoms with Crippen LogP contribution in [0.15, 0.2) is 24.3 Å². The molecule has 4 nitrogen and oxygen atoms in total. The molecular weight excluding hydrogens is 266 g/mol. The minimum absolute atomic E-state index is 0.0887. The second kappa shape index (κ2) is 8.03. The zero-order chi connectivity index (χ0) is 15.1. The first-order chi connectivity index (χ1) is 10.2. The van der Waals surface area contributed by atoms with Gasteiger partial charge in [-0.05, 0) is 43.5 Å². The summed E-state index contributed by atoms with van der Waals surface area (Å²) in [4.78, 5) is 12.0. The van der Waals surface area contributed by atoms with Gasteiger partial charge in [0.25, 0.3) is 5.91 Å². The first kappa shape index (κ1) is 15.8. The predicted octanol–water partition coefficient (Wildman–Crippen LogP) is 2.76. The summed E-state index contributed by atoms with van der Waals surface area (Å²) in [5.74, 6) is 0.908. The highest BCUT2D eigenvalue weighted by Crippen LogP contribution is 2.24. The van der Waals surface area contributed by atoms with Gasteiger partial charge in [0.2, 0.25) is 0 Å². The summed E-state index contributed by atoms with van der Waals surface area (Å²) >= 11 is 0. The molecule has 1 aliphatic rings. The van der Waals surface area contributed by atoms with Crippen molar-refractivity contribution in [3.63, 3.8) is 0 Å². The zero-order valence-corrected chi connectivity index (χ0v) is 12.7. The summed E-state index contributed by atoms with van der Waals surface area (Å²) in [7, 11) is 0. The molecule has 1 aromatic rings. The Morgan fingerprint density at radius 3 is 2.71 bits per heavy atom. The molecule has 2 atom stereocenters. The first-order valence-corrected chi connectivity index (χ1v) is 7.90. The second-order valence-corrected chi connectivity index (χ2v) is 5.69. The Labute approximate surface area is 126 Å². The molecule has 0 spiro atoms. The number of carbonyl (C=O) groups excluding carboxylic acids is 1. The van der Waals surface area contributed by atoms with E-state index in [1.807, 2.05) is 12.1 Å². The summed E-state index contributed by atoms with van der Waals surface area (Å²) in [6, 6.07) is 7.22. The third kappa shape index (κ3) is 4.74. The highest BCUT2D eigenvalue weighted by atomic mass is 16.5. The monoisotopic (exact) mass is 291 g/mol. The van der Waals surface area contributed by atoms with Crippen molar-refractivity contribution < 1.29 is 14.6 Å². The molecule has 2 N–H and O–H groups in total. The molecular formula is C17H25NO3. The van der Waals surface area contributed by atoms with E-state index in [4.69, 9.17) is 4.74 Å². The number of hydrogen-bond acceptors (Lipinski definition) is 3. The van der Waals surface area contributed by atoms with E-state index in [-0.39, 0.29) is 17.9 Å². The van der Waals surface area contributed by atoms with E-state index in [0.717, 1.165) is 37.9 Å². The lowest BCUT2D eigenvalue weighted by molar-refractivity contribution is 0.0917. The molecule has 116 valence electrons. The SMILES string of the molecule is CCCCOc1ccc(C(=O)NCC2CCCC2O)cc1. The number of unbranched alkanes of at least 4 members (excludes halogenated alkanes) is 1. The molecule has 0 radical (unpaired) electrons. The van der Waals surface area contributed by atoms with Gasteiger partial charge in [-0.25, -0.2) is 0 Å². The molecule has 0 saturated heterocycles. The molecule has 1 fully saturated rings. The van der Waals surface area contributed by atoms with Gasteiger partial charge < -0.3 is 15.2 Å². The number of amides is 1. The van der Waals surface area contributed by atoms with E-state index in [1.165, 1.54) is 0 Å². The third-order valence-corrected chi connectivity index (χ3v) is 4.03. The molecule has 2 rings (SSSR count). The minimum atomic E-state index is -0.264. The lowest BCUT2D eigenvalue weighted by Gasteiger charge is -2.15. The summed E-state index contributed by atoms with van der Waals surface area (Å²) in [5, 5.41) is 12.6. The van der Waals surface area contributed by atoms with E-state index >= 15 is 0 Å². The summed E-state index contributed by atoms with van der Waals surface area (Å²) < 4.78 is 5.57. The van der Waals surface area contributed by atoms with Crippen LogP contribution in [0.3, 0.4) is 0 Å². The van der Waals surface area contributed by atoms with Crippen LogP contribution in [0.4, 0.5) is 0 Å². The summed E-state index contributed by atoms with van der Waals surface area (Å²) in [5.41, 5.74) is 0.630. The van der Waals surface area contributed by atoms with Crippen LogP contribution in [0.25, 0.3) is 0 Å². The molecule has 0 bridgehead atoms. The topological polar surface area (TPSA) is 58.6 Å². The first-order valence-electron chi connectivity index (χ1n) is 7.90. The lowest BCUT2D eigenvalue weighted by atomic mass is 10.1. The van der Waals surface area contributed by atoms with Crippen LogP contribution in [-0.2, 0) is 0 Å². The highest BCUT2D eigenvalue weighted by molar-refractivity contribution is 5.94. The Morgan fingerprint density at radius 2 is 2.10 bits per heavy atom. The van der Waals surface area contributed by atoms with Crippen LogP contribution in [0, 0.1) is 5.92 Å². The van der Waals surface area contributed by atoms with Crippen LogP contribution in [0.2, 0.25) is 0 Å². The largest absolute Gasteiger partial charge is 0.494 e. The van der Waals surface area contributed by atoms with Gasteiger partial charge in [-0.1, -0.05) is 19.8 Å².